The third kappa shape index (κ3) is 21.8. The van der Waals surface area contributed by atoms with E-state index in [0.717, 1.165) is 103 Å². The molecule has 0 aliphatic heterocycles. The molecule has 14 heteroatoms. The Bertz CT molecular complexity index is 2130. The van der Waals surface area contributed by atoms with E-state index >= 15 is 0 Å². The molecule has 0 bridgehead atoms. The van der Waals surface area contributed by atoms with Crippen molar-refractivity contribution in [2.24, 2.45) is 98.4 Å². The molecule has 504 valence electrons. The molecule has 0 amide bonds. The molecule has 8 aliphatic rings. The molecular weight excluding hydrogens is 1180 g/mol. The van der Waals surface area contributed by atoms with Gasteiger partial charge in [-0.1, -0.05) is 154 Å². The summed E-state index contributed by atoms with van der Waals surface area (Å²) >= 11 is 2.94. The van der Waals surface area contributed by atoms with Gasteiger partial charge in [0.2, 0.25) is 0 Å². The van der Waals surface area contributed by atoms with Crippen LogP contribution < -0.4 is 35.3 Å². The summed E-state index contributed by atoms with van der Waals surface area (Å²) in [6, 6.07) is 0. The number of hydrogen-bond acceptors (Lipinski definition) is 12. The van der Waals surface area contributed by atoms with Gasteiger partial charge in [-0.3, -0.25) is 14.5 Å². The van der Waals surface area contributed by atoms with Gasteiger partial charge in [0, 0.05) is 13.1 Å². The second-order valence-electron chi connectivity index (χ2n) is 30.2. The van der Waals surface area contributed by atoms with Crippen LogP contribution in [0, 0.1) is 92.7 Å². The summed E-state index contributed by atoms with van der Waals surface area (Å²) in [5, 5.41) is 0.292. The van der Waals surface area contributed by atoms with Gasteiger partial charge in [0.1, 0.15) is 5.33 Å². The molecule has 0 aromatic carbocycles. The van der Waals surface area contributed by atoms with Crippen molar-refractivity contribution in [3.05, 3.63) is 23.3 Å². The van der Waals surface area contributed by atoms with Crippen molar-refractivity contribution < 1.29 is 78.6 Å². The summed E-state index contributed by atoms with van der Waals surface area (Å²) in [5.41, 5.74) is 10.9. The number of rotatable bonds is 30. The van der Waals surface area contributed by atoms with Crippen LogP contribution in [-0.2, 0) is 47.6 Å². The van der Waals surface area contributed by atoms with Gasteiger partial charge >= 0.3 is 47.6 Å². The zero-order valence-electron chi connectivity index (χ0n) is 59.7. The van der Waals surface area contributed by atoms with Crippen LogP contribution in [-0.4, -0.2) is 120 Å². The molecule has 12 nitrogen and oxygen atoms in total. The molecular formula is C74H130BrN2NaO10. The van der Waals surface area contributed by atoms with Crippen molar-refractivity contribution in [2.75, 3.05) is 84.4 Å². The Labute approximate surface area is 569 Å². The van der Waals surface area contributed by atoms with Crippen molar-refractivity contribution in [1.82, 2.24) is 4.90 Å². The van der Waals surface area contributed by atoms with Gasteiger partial charge in [-0.05, 0) is 222 Å². The number of alkyl halides is 1. The van der Waals surface area contributed by atoms with E-state index in [-0.39, 0.29) is 49.1 Å². The molecule has 0 aromatic heterocycles. The Morgan fingerprint density at radius 2 is 1.05 bits per heavy atom. The molecule has 8 rings (SSSR count). The molecule has 88 heavy (non-hydrogen) atoms. The van der Waals surface area contributed by atoms with Crippen LogP contribution in [0.15, 0.2) is 23.3 Å². The minimum atomic E-state index is -0.206. The van der Waals surface area contributed by atoms with Crippen LogP contribution in [0.3, 0.4) is 0 Å². The van der Waals surface area contributed by atoms with Gasteiger partial charge in [0.25, 0.3) is 0 Å². The normalized spacial score (nSPS) is 33.2. The fourth-order valence-corrected chi connectivity index (χ4v) is 20.0. The van der Waals surface area contributed by atoms with Crippen molar-refractivity contribution in [2.45, 2.75) is 250 Å². The zero-order chi connectivity index (χ0) is 63.8. The molecule has 2 N–H and O–H groups in total. The Morgan fingerprint density at radius 3 is 1.44 bits per heavy atom. The standard InChI is InChI=1S/C38H67NO4.C31H55NO2.C4H7BrO2.CO2.Na.H/c1-8-21-39(27-36(40)42-9-2)22-23-41-24-25-43-31-17-19-37(6)30(26-31)13-14-32-34-16-15-33(29(5)12-10-11-28(3)4)38(34,7)20-18-35(32)37;1-22(2)7-6-8-23(3)27-11-12-28-26-10-9-24-21-25(34-20-19-33-18-17-32)13-15-30(24,4)29(26)14-16-31(27,28)5;1-2-7-4(6)3-5;2-1-3;;/h13,28-29,31-35H,8-12,14-27H2,1-7H3;9,22-23,25-29H,6-8,10-21,32H2,1-5H3;2-3H2,1H3;;;/q;;;;+1;-1/t29-,31+,32+,33-,34+,35+,37+,38-;23-,25+,26+,27-,28+,29+,30+,31-;;;;/m11..../s1. The second-order valence-corrected chi connectivity index (χ2v) is 30.7. The first-order valence-electron chi connectivity index (χ1n) is 35.7. The molecule has 0 spiro atoms. The van der Waals surface area contributed by atoms with E-state index in [4.69, 9.17) is 39.0 Å². The molecule has 0 heterocycles. The quantitative estimate of drug-likeness (QED) is 0.0239. The zero-order valence-corrected chi connectivity index (χ0v) is 62.3. The average Bonchev–Trinajstić information content (AvgIpc) is 1.75. The second kappa shape index (κ2) is 39.8. The maximum absolute atomic E-state index is 11.9. The third-order valence-corrected chi connectivity index (χ3v) is 24.6. The molecule has 0 unspecified atom stereocenters. The van der Waals surface area contributed by atoms with Crippen molar-refractivity contribution in [3.63, 3.8) is 0 Å². The first-order valence-corrected chi connectivity index (χ1v) is 36.8. The van der Waals surface area contributed by atoms with Crippen LogP contribution in [0.1, 0.15) is 239 Å². The number of carbonyl (C=O) groups is 2. The van der Waals surface area contributed by atoms with Gasteiger partial charge in [0.05, 0.1) is 71.6 Å². The summed E-state index contributed by atoms with van der Waals surface area (Å²) in [6.07, 6.45) is 37.5. The van der Waals surface area contributed by atoms with Crippen LogP contribution in [0.4, 0.5) is 0 Å². The van der Waals surface area contributed by atoms with Gasteiger partial charge in [-0.25, -0.2) is 0 Å². The summed E-state index contributed by atoms with van der Waals surface area (Å²) < 4.78 is 33.7. The van der Waals surface area contributed by atoms with Gasteiger partial charge < -0.3 is 35.6 Å². The average molecular weight is 1310 g/mol. The number of carbonyl (C=O) groups excluding carboxylic acids is 4. The van der Waals surface area contributed by atoms with Crippen molar-refractivity contribution in [3.8, 4) is 0 Å². The number of allylic oxidation sites excluding steroid dienone is 2. The Balaban J connectivity index is 0.000000402. The topological polar surface area (TPSA) is 153 Å². The van der Waals surface area contributed by atoms with Crippen molar-refractivity contribution >= 4 is 34.0 Å². The molecule has 0 radical (unpaired) electrons. The molecule has 0 saturated heterocycles. The summed E-state index contributed by atoms with van der Waals surface area (Å²) in [5.74, 6) is 10.5. The SMILES string of the molecule is CC(C)CCC[C@@H](C)[C@H]1CC[C@H]2[C@@H]3CC=C4C[C@@H](OCCOCCN)CC[C@]4(C)[C@H]3CC[C@]12C.CCCN(CCOCCO[C@H]1CC[C@@]2(C)C(=CC[C@H]3[C@@H]4CC[C@H]([C@H](C)CCCC(C)C)[C@@]4(C)CC[C@@H]32)C1)CC(=O)OCC.CCOC(=O)CBr.O=C=O.[H-].[Na+]. The number of halogens is 1. The summed E-state index contributed by atoms with van der Waals surface area (Å²) in [6.45, 7) is 38.5. The molecule has 8 aliphatic carbocycles. The Kier molecular flexibility index (Phi) is 35.9. The predicted octanol–water partition coefficient (Wildman–Crippen LogP) is 13.6. The minimum absolute atomic E-state index is 0. The Morgan fingerprint density at radius 1 is 0.602 bits per heavy atom. The first kappa shape index (κ1) is 79.5. The smallest absolute Gasteiger partial charge is 1.00 e. The van der Waals surface area contributed by atoms with Crippen LogP contribution in [0.2, 0.25) is 0 Å². The van der Waals surface area contributed by atoms with Gasteiger partial charge in [0.15, 0.2) is 0 Å². The number of nitrogens with two attached hydrogens (primary N) is 1. The van der Waals surface area contributed by atoms with Crippen LogP contribution in [0.5, 0.6) is 0 Å². The number of hydrogen-bond donors (Lipinski definition) is 1. The fraction of sp³-hybridized carbons (Fsp3) is 0.905. The first-order chi connectivity index (χ1) is 41.6. The van der Waals surface area contributed by atoms with Gasteiger partial charge in [-0.15, -0.1) is 0 Å². The van der Waals surface area contributed by atoms with E-state index in [9.17, 15) is 9.59 Å². The minimum Gasteiger partial charge on any atom is -1.00 e. The molecule has 0 aromatic rings. The number of esters is 2. The van der Waals surface area contributed by atoms with Crippen LogP contribution in [0.25, 0.3) is 0 Å². The molecule has 6 fully saturated rings. The monoisotopic (exact) mass is 1310 g/mol. The van der Waals surface area contributed by atoms with E-state index in [2.05, 4.69) is 114 Å². The van der Waals surface area contributed by atoms with E-state index in [0.29, 0.717) is 105 Å². The summed E-state index contributed by atoms with van der Waals surface area (Å²) in [7, 11) is 0. The number of ether oxygens (including phenoxy) is 6. The van der Waals surface area contributed by atoms with E-state index < -0.39 is 0 Å². The number of fused-ring (bicyclic) bond motifs is 10. The number of nitrogens with zero attached hydrogens (tertiary/aromatic N) is 1. The molecule has 16 atom stereocenters. The van der Waals surface area contributed by atoms with E-state index in [1.165, 1.54) is 128 Å². The van der Waals surface area contributed by atoms with Gasteiger partial charge in [-0.2, -0.15) is 9.59 Å². The van der Waals surface area contributed by atoms with E-state index in [1.807, 2.05) is 6.92 Å². The van der Waals surface area contributed by atoms with Crippen LogP contribution >= 0.6 is 15.9 Å². The Hall–Kier alpha value is -0.960. The van der Waals surface area contributed by atoms with Crippen molar-refractivity contribution in [1.29, 1.82) is 0 Å². The predicted molar refractivity (Wildman–Crippen MR) is 356 cm³/mol. The summed E-state index contributed by atoms with van der Waals surface area (Å²) in [4.78, 5) is 40.4. The third-order valence-electron chi connectivity index (χ3n) is 24.1. The molecule has 6 saturated carbocycles. The van der Waals surface area contributed by atoms with E-state index in [1.54, 1.807) is 18.1 Å². The maximum Gasteiger partial charge on any atom is 1.00 e. The largest absolute Gasteiger partial charge is 1.00 e. The maximum atomic E-state index is 11.9. The fourth-order valence-electron chi connectivity index (χ4n) is 19.8.